The molecule has 7 nitrogen and oxygen atoms in total. The quantitative estimate of drug-likeness (QED) is 0.356. The molecule has 0 saturated carbocycles. The van der Waals surface area contributed by atoms with Crippen LogP contribution in [0, 0.1) is 13.8 Å². The Morgan fingerprint density at radius 2 is 2.06 bits per heavy atom. The maximum absolute atomic E-state index is 12.7. The van der Waals surface area contributed by atoms with Gasteiger partial charge in [-0.1, -0.05) is 12.1 Å². The first-order chi connectivity index (χ1) is 16.5. The van der Waals surface area contributed by atoms with Crippen LogP contribution in [0.4, 0.5) is 5.69 Å². The summed E-state index contributed by atoms with van der Waals surface area (Å²) in [7, 11) is 0. The smallest absolute Gasteiger partial charge is 0.259 e. The summed E-state index contributed by atoms with van der Waals surface area (Å²) >= 11 is 3.26. The van der Waals surface area contributed by atoms with Crippen molar-refractivity contribution in [2.24, 2.45) is 0 Å². The number of rotatable bonds is 7. The van der Waals surface area contributed by atoms with Crippen LogP contribution in [-0.2, 0) is 23.4 Å². The Hall–Kier alpha value is -2.91. The molecule has 0 aliphatic heterocycles. The van der Waals surface area contributed by atoms with Gasteiger partial charge in [-0.15, -0.1) is 11.3 Å². The molecule has 0 bridgehead atoms. The molecular formula is C25H27N5O2S2. The molecule has 0 spiro atoms. The highest BCUT2D eigenvalue weighted by Crippen LogP contribution is 2.33. The number of aryl methyl sites for hydroxylation is 4. The van der Waals surface area contributed by atoms with Crippen LogP contribution in [0.5, 0.6) is 0 Å². The van der Waals surface area contributed by atoms with Crippen LogP contribution in [-0.4, -0.2) is 31.4 Å². The van der Waals surface area contributed by atoms with E-state index in [9.17, 15) is 9.59 Å². The number of carbonyl (C=O) groups excluding carboxylic acids is 1. The van der Waals surface area contributed by atoms with E-state index in [1.165, 1.54) is 16.9 Å². The number of H-pyrrole nitrogens is 1. The zero-order valence-electron chi connectivity index (χ0n) is 19.3. The first-order valence-electron chi connectivity index (χ1n) is 11.5. The van der Waals surface area contributed by atoms with Crippen molar-refractivity contribution in [2.45, 2.75) is 51.7 Å². The molecule has 0 radical (unpaired) electrons. The highest BCUT2D eigenvalue weighted by atomic mass is 32.2. The Kier molecular flexibility index (Phi) is 6.56. The van der Waals surface area contributed by atoms with Gasteiger partial charge in [0.15, 0.2) is 0 Å². The topological polar surface area (TPSA) is 92.7 Å². The van der Waals surface area contributed by atoms with Crippen LogP contribution in [0.2, 0.25) is 0 Å². The number of hydrogen-bond donors (Lipinski definition) is 2. The summed E-state index contributed by atoms with van der Waals surface area (Å²) in [5.41, 5.74) is 4.71. The van der Waals surface area contributed by atoms with Gasteiger partial charge in [0.1, 0.15) is 10.7 Å². The van der Waals surface area contributed by atoms with E-state index in [0.29, 0.717) is 23.8 Å². The fourth-order valence-corrected chi connectivity index (χ4v) is 6.55. The van der Waals surface area contributed by atoms with Gasteiger partial charge >= 0.3 is 0 Å². The van der Waals surface area contributed by atoms with Crippen molar-refractivity contribution < 1.29 is 4.79 Å². The fourth-order valence-electron chi connectivity index (χ4n) is 4.46. The van der Waals surface area contributed by atoms with Gasteiger partial charge < -0.3 is 10.3 Å². The van der Waals surface area contributed by atoms with E-state index in [2.05, 4.69) is 15.4 Å². The first-order valence-corrected chi connectivity index (χ1v) is 13.5. The monoisotopic (exact) mass is 493 g/mol. The van der Waals surface area contributed by atoms with E-state index in [1.54, 1.807) is 23.1 Å². The van der Waals surface area contributed by atoms with Crippen LogP contribution in [0.25, 0.3) is 15.9 Å². The molecule has 5 rings (SSSR count). The van der Waals surface area contributed by atoms with Crippen LogP contribution in [0.3, 0.4) is 0 Å². The number of anilines is 1. The summed E-state index contributed by atoms with van der Waals surface area (Å²) in [4.78, 5) is 35.1. The van der Waals surface area contributed by atoms with E-state index in [4.69, 9.17) is 4.98 Å². The predicted molar refractivity (Wildman–Crippen MR) is 139 cm³/mol. The van der Waals surface area contributed by atoms with Gasteiger partial charge in [0, 0.05) is 22.7 Å². The molecule has 9 heteroatoms. The van der Waals surface area contributed by atoms with Crippen LogP contribution in [0.15, 0.2) is 35.1 Å². The number of para-hydroxylation sites is 2. The van der Waals surface area contributed by atoms with Crippen LogP contribution in [0.1, 0.15) is 46.9 Å². The SMILES string of the molecule is Cc1cc(C)n(-c2ccccc2NC(=O)CCSCc2nc3sc4c(c3c(=O)[nH]2)CCCC4)n1. The standard InChI is InChI=1S/C25H27N5O2S2/c1-15-13-16(2)30(29-15)19-9-5-4-8-18(19)26-22(31)11-12-33-14-21-27-24(32)23-17-7-3-6-10-20(17)34-25(23)28-21/h4-5,8-9,13H,3,6-7,10-12,14H2,1-2H3,(H,26,31)(H,27,28,32). The molecule has 3 aromatic heterocycles. The molecule has 0 unspecified atom stereocenters. The Labute approximate surface area is 206 Å². The summed E-state index contributed by atoms with van der Waals surface area (Å²) in [6.07, 6.45) is 4.73. The van der Waals surface area contributed by atoms with E-state index in [-0.39, 0.29) is 11.5 Å². The second kappa shape index (κ2) is 9.76. The highest BCUT2D eigenvalue weighted by Gasteiger charge is 2.19. The number of fused-ring (bicyclic) bond motifs is 3. The number of thiophene rings is 1. The highest BCUT2D eigenvalue weighted by molar-refractivity contribution is 7.98. The zero-order chi connectivity index (χ0) is 23.7. The molecule has 34 heavy (non-hydrogen) atoms. The molecular weight excluding hydrogens is 466 g/mol. The van der Waals surface area contributed by atoms with Gasteiger partial charge in [0.2, 0.25) is 5.91 Å². The van der Waals surface area contributed by atoms with Gasteiger partial charge in [-0.25, -0.2) is 9.67 Å². The largest absolute Gasteiger partial charge is 0.324 e. The predicted octanol–water partition coefficient (Wildman–Crippen LogP) is 4.93. The molecule has 3 heterocycles. The molecule has 0 fully saturated rings. The minimum absolute atomic E-state index is 0.0292. The summed E-state index contributed by atoms with van der Waals surface area (Å²) in [6.45, 7) is 3.95. The lowest BCUT2D eigenvalue weighted by Crippen LogP contribution is -2.15. The lowest BCUT2D eigenvalue weighted by atomic mass is 9.97. The second-order valence-electron chi connectivity index (χ2n) is 8.61. The molecule has 1 aliphatic carbocycles. The minimum Gasteiger partial charge on any atom is -0.324 e. The zero-order valence-corrected chi connectivity index (χ0v) is 20.9. The molecule has 176 valence electrons. The molecule has 1 aliphatic rings. The third-order valence-corrected chi connectivity index (χ3v) is 8.16. The fraction of sp³-hybridized carbons (Fsp3) is 0.360. The minimum atomic E-state index is -0.0516. The Bertz CT molecular complexity index is 1420. The number of aromatic amines is 1. The third-order valence-electron chi connectivity index (χ3n) is 6.00. The lowest BCUT2D eigenvalue weighted by molar-refractivity contribution is -0.115. The molecule has 1 amide bonds. The number of carbonyl (C=O) groups is 1. The Morgan fingerprint density at radius 1 is 1.24 bits per heavy atom. The molecule has 4 aromatic rings. The third kappa shape index (κ3) is 4.67. The molecule has 1 aromatic carbocycles. The average Bonchev–Trinajstić information content (AvgIpc) is 3.36. The van der Waals surface area contributed by atoms with Gasteiger partial charge in [-0.05, 0) is 63.3 Å². The summed E-state index contributed by atoms with van der Waals surface area (Å²) in [5, 5.41) is 8.34. The van der Waals surface area contributed by atoms with Crippen molar-refractivity contribution in [2.75, 3.05) is 11.1 Å². The van der Waals surface area contributed by atoms with Gasteiger partial charge in [0.05, 0.1) is 28.2 Å². The summed E-state index contributed by atoms with van der Waals surface area (Å²) in [5.74, 6) is 1.83. The van der Waals surface area contributed by atoms with E-state index >= 15 is 0 Å². The Morgan fingerprint density at radius 3 is 2.88 bits per heavy atom. The van der Waals surface area contributed by atoms with E-state index in [1.807, 2.05) is 48.9 Å². The Balaban J connectivity index is 1.19. The van der Waals surface area contributed by atoms with Crippen molar-refractivity contribution >= 4 is 44.9 Å². The number of benzene rings is 1. The molecule has 2 N–H and O–H groups in total. The molecule has 0 saturated heterocycles. The number of nitrogens with zero attached hydrogens (tertiary/aromatic N) is 3. The maximum atomic E-state index is 12.7. The number of amides is 1. The van der Waals surface area contributed by atoms with Gasteiger partial charge in [-0.2, -0.15) is 16.9 Å². The van der Waals surface area contributed by atoms with Gasteiger partial charge in [-0.3, -0.25) is 9.59 Å². The summed E-state index contributed by atoms with van der Waals surface area (Å²) < 4.78 is 1.85. The maximum Gasteiger partial charge on any atom is 0.259 e. The normalized spacial score (nSPS) is 13.2. The van der Waals surface area contributed by atoms with Crippen molar-refractivity contribution in [3.05, 3.63) is 68.3 Å². The first kappa shape index (κ1) is 22.9. The van der Waals surface area contributed by atoms with Crippen LogP contribution < -0.4 is 10.9 Å². The van der Waals surface area contributed by atoms with E-state index < -0.39 is 0 Å². The number of aromatic nitrogens is 4. The summed E-state index contributed by atoms with van der Waals surface area (Å²) in [6, 6.07) is 9.69. The van der Waals surface area contributed by atoms with Crippen molar-refractivity contribution in [3.8, 4) is 5.69 Å². The van der Waals surface area contributed by atoms with Crippen molar-refractivity contribution in [1.29, 1.82) is 0 Å². The van der Waals surface area contributed by atoms with E-state index in [0.717, 1.165) is 52.2 Å². The van der Waals surface area contributed by atoms with Crippen LogP contribution >= 0.6 is 23.1 Å². The number of thioether (sulfide) groups is 1. The second-order valence-corrected chi connectivity index (χ2v) is 10.8. The average molecular weight is 494 g/mol. The number of nitrogens with one attached hydrogen (secondary N) is 2. The van der Waals surface area contributed by atoms with Gasteiger partial charge in [0.25, 0.3) is 5.56 Å². The van der Waals surface area contributed by atoms with Crippen molar-refractivity contribution in [1.82, 2.24) is 19.7 Å². The lowest BCUT2D eigenvalue weighted by Gasteiger charge is -2.12. The van der Waals surface area contributed by atoms with Crippen molar-refractivity contribution in [3.63, 3.8) is 0 Å². The molecule has 0 atom stereocenters. The number of hydrogen-bond acceptors (Lipinski definition) is 6.